The van der Waals surface area contributed by atoms with E-state index in [0.29, 0.717) is 13.1 Å². The minimum Gasteiger partial charge on any atom is -0.485 e. The predicted molar refractivity (Wildman–Crippen MR) is 66.5 cm³/mol. The van der Waals surface area contributed by atoms with Crippen molar-refractivity contribution >= 4 is 6.09 Å². The minimum absolute atomic E-state index is 0.0294. The highest BCUT2D eigenvalue weighted by molar-refractivity contribution is 5.69. The lowest BCUT2D eigenvalue weighted by atomic mass is 10.1. The molecule has 18 heavy (non-hydrogen) atoms. The zero-order valence-electron chi connectivity index (χ0n) is 10.9. The fourth-order valence-electron chi connectivity index (χ4n) is 1.60. The molecule has 0 unspecified atom stereocenters. The van der Waals surface area contributed by atoms with Crippen LogP contribution in [0.4, 0.5) is 4.79 Å². The summed E-state index contributed by atoms with van der Waals surface area (Å²) < 4.78 is 10.9. The van der Waals surface area contributed by atoms with Gasteiger partial charge in [0.15, 0.2) is 0 Å². The number of carbonyl (C=O) groups is 1. The second-order valence-electron chi connectivity index (χ2n) is 5.31. The van der Waals surface area contributed by atoms with Gasteiger partial charge in [0.25, 0.3) is 0 Å². The maximum atomic E-state index is 11.7. The summed E-state index contributed by atoms with van der Waals surface area (Å²) >= 11 is 0. The van der Waals surface area contributed by atoms with E-state index in [4.69, 9.17) is 9.47 Å². The quantitative estimate of drug-likeness (QED) is 0.806. The first-order valence-electron chi connectivity index (χ1n) is 5.99. The normalized spacial score (nSPS) is 16.1. The van der Waals surface area contributed by atoms with Crippen molar-refractivity contribution in [2.24, 2.45) is 0 Å². The van der Waals surface area contributed by atoms with Crippen LogP contribution in [0.25, 0.3) is 0 Å². The Morgan fingerprint density at radius 1 is 1.44 bits per heavy atom. The second kappa shape index (κ2) is 4.84. The number of carbonyl (C=O) groups excluding carboxylic acids is 1. The number of pyridine rings is 1. The Morgan fingerprint density at radius 2 is 2.17 bits per heavy atom. The van der Waals surface area contributed by atoms with Crippen LogP contribution in [0.3, 0.4) is 0 Å². The van der Waals surface area contributed by atoms with Gasteiger partial charge in [-0.2, -0.15) is 0 Å². The lowest BCUT2D eigenvalue weighted by molar-refractivity contribution is -0.0222. The number of amides is 1. The number of hydrogen-bond acceptors (Lipinski definition) is 4. The number of hydrogen-bond donors (Lipinski definition) is 0. The Hall–Kier alpha value is -1.78. The first-order chi connectivity index (χ1) is 8.44. The molecule has 2 rings (SSSR count). The van der Waals surface area contributed by atoms with E-state index in [9.17, 15) is 4.79 Å². The summed E-state index contributed by atoms with van der Waals surface area (Å²) in [6, 6.07) is 3.67. The third-order valence-corrected chi connectivity index (χ3v) is 2.44. The van der Waals surface area contributed by atoms with Crippen molar-refractivity contribution in [3.8, 4) is 5.75 Å². The molecule has 1 aliphatic heterocycles. The standard InChI is InChI=1S/C13H18N2O3/c1-13(2,3)18-12(16)15-8-11(9-15)17-10-5-4-6-14-7-10/h4-7,11H,8-9H2,1-3H3. The molecule has 0 saturated carbocycles. The third-order valence-electron chi connectivity index (χ3n) is 2.44. The van der Waals surface area contributed by atoms with E-state index >= 15 is 0 Å². The van der Waals surface area contributed by atoms with Crippen LogP contribution < -0.4 is 4.74 Å². The highest BCUT2D eigenvalue weighted by Crippen LogP contribution is 2.19. The summed E-state index contributed by atoms with van der Waals surface area (Å²) in [6.07, 6.45) is 3.10. The molecule has 98 valence electrons. The van der Waals surface area contributed by atoms with Gasteiger partial charge < -0.3 is 14.4 Å². The smallest absolute Gasteiger partial charge is 0.410 e. The Labute approximate surface area is 107 Å². The summed E-state index contributed by atoms with van der Waals surface area (Å²) in [5, 5.41) is 0. The summed E-state index contributed by atoms with van der Waals surface area (Å²) in [4.78, 5) is 17.3. The average molecular weight is 250 g/mol. The Morgan fingerprint density at radius 3 is 2.72 bits per heavy atom. The number of rotatable bonds is 2. The molecule has 1 aromatic heterocycles. The molecule has 0 N–H and O–H groups in total. The van der Waals surface area contributed by atoms with E-state index in [1.807, 2.05) is 32.9 Å². The fraction of sp³-hybridized carbons (Fsp3) is 0.538. The summed E-state index contributed by atoms with van der Waals surface area (Å²) in [7, 11) is 0. The van der Waals surface area contributed by atoms with Crippen LogP contribution in [0, 0.1) is 0 Å². The maximum absolute atomic E-state index is 11.7. The van der Waals surface area contributed by atoms with Gasteiger partial charge in [-0.3, -0.25) is 4.98 Å². The molecule has 5 nitrogen and oxygen atoms in total. The molecule has 2 heterocycles. The highest BCUT2D eigenvalue weighted by atomic mass is 16.6. The molecule has 0 radical (unpaired) electrons. The van der Waals surface area contributed by atoms with Gasteiger partial charge in [0.05, 0.1) is 19.3 Å². The third kappa shape index (κ3) is 3.35. The monoisotopic (exact) mass is 250 g/mol. The van der Waals surface area contributed by atoms with Crippen molar-refractivity contribution in [3.63, 3.8) is 0 Å². The molecule has 1 saturated heterocycles. The van der Waals surface area contributed by atoms with Gasteiger partial charge in [0.1, 0.15) is 17.5 Å². The van der Waals surface area contributed by atoms with Crippen molar-refractivity contribution in [3.05, 3.63) is 24.5 Å². The van der Waals surface area contributed by atoms with E-state index in [-0.39, 0.29) is 12.2 Å². The first kappa shape index (κ1) is 12.7. The molecule has 1 amide bonds. The van der Waals surface area contributed by atoms with Crippen molar-refractivity contribution in [2.75, 3.05) is 13.1 Å². The molecular formula is C13H18N2O3. The highest BCUT2D eigenvalue weighted by Gasteiger charge is 2.35. The van der Waals surface area contributed by atoms with Gasteiger partial charge in [-0.05, 0) is 32.9 Å². The number of likely N-dealkylation sites (tertiary alicyclic amines) is 1. The Balaban J connectivity index is 1.76. The van der Waals surface area contributed by atoms with Crippen molar-refractivity contribution < 1.29 is 14.3 Å². The molecule has 1 aromatic rings. The van der Waals surface area contributed by atoms with Gasteiger partial charge in [0.2, 0.25) is 0 Å². The minimum atomic E-state index is -0.452. The second-order valence-corrected chi connectivity index (χ2v) is 5.31. The molecule has 0 atom stereocenters. The maximum Gasteiger partial charge on any atom is 0.410 e. The first-order valence-corrected chi connectivity index (χ1v) is 5.99. The van der Waals surface area contributed by atoms with Crippen molar-refractivity contribution in [1.82, 2.24) is 9.88 Å². The lowest BCUT2D eigenvalue weighted by Gasteiger charge is -2.39. The largest absolute Gasteiger partial charge is 0.485 e. The molecule has 1 aliphatic rings. The van der Waals surface area contributed by atoms with E-state index in [0.717, 1.165) is 5.75 Å². The molecule has 0 aromatic carbocycles. The molecule has 5 heteroatoms. The number of ether oxygens (including phenoxy) is 2. The number of nitrogens with zero attached hydrogens (tertiary/aromatic N) is 2. The average Bonchev–Trinajstić information content (AvgIpc) is 2.21. The van der Waals surface area contributed by atoms with Crippen molar-refractivity contribution in [1.29, 1.82) is 0 Å². The zero-order valence-corrected chi connectivity index (χ0v) is 10.9. The van der Waals surface area contributed by atoms with Crippen molar-refractivity contribution in [2.45, 2.75) is 32.5 Å². The molecule has 1 fully saturated rings. The van der Waals surface area contributed by atoms with Crippen LogP contribution in [0.2, 0.25) is 0 Å². The van der Waals surface area contributed by atoms with E-state index in [1.54, 1.807) is 17.3 Å². The van der Waals surface area contributed by atoms with Gasteiger partial charge >= 0.3 is 6.09 Å². The van der Waals surface area contributed by atoms with E-state index in [1.165, 1.54) is 0 Å². The number of aromatic nitrogens is 1. The van der Waals surface area contributed by atoms with Crippen LogP contribution in [0.5, 0.6) is 5.75 Å². The van der Waals surface area contributed by atoms with E-state index < -0.39 is 5.60 Å². The van der Waals surface area contributed by atoms with Crippen LogP contribution in [-0.2, 0) is 4.74 Å². The zero-order chi connectivity index (χ0) is 13.2. The van der Waals surface area contributed by atoms with E-state index in [2.05, 4.69) is 4.98 Å². The van der Waals surface area contributed by atoms with Gasteiger partial charge in [-0.1, -0.05) is 0 Å². The van der Waals surface area contributed by atoms with Crippen LogP contribution >= 0.6 is 0 Å². The Kier molecular flexibility index (Phi) is 3.41. The van der Waals surface area contributed by atoms with Crippen LogP contribution in [0.15, 0.2) is 24.5 Å². The van der Waals surface area contributed by atoms with Gasteiger partial charge in [-0.15, -0.1) is 0 Å². The molecule has 0 bridgehead atoms. The Bertz CT molecular complexity index is 408. The summed E-state index contributed by atoms with van der Waals surface area (Å²) in [6.45, 7) is 6.69. The molecule has 0 aliphatic carbocycles. The fourth-order valence-corrected chi connectivity index (χ4v) is 1.60. The summed E-state index contributed by atoms with van der Waals surface area (Å²) in [5.41, 5.74) is -0.452. The molecular weight excluding hydrogens is 232 g/mol. The van der Waals surface area contributed by atoms with Gasteiger partial charge in [-0.25, -0.2) is 4.79 Å². The topological polar surface area (TPSA) is 51.7 Å². The lowest BCUT2D eigenvalue weighted by Crippen LogP contribution is -2.57. The van der Waals surface area contributed by atoms with Crippen LogP contribution in [-0.4, -0.2) is 40.8 Å². The van der Waals surface area contributed by atoms with Crippen LogP contribution in [0.1, 0.15) is 20.8 Å². The SMILES string of the molecule is CC(C)(C)OC(=O)N1CC(Oc2cccnc2)C1. The summed E-state index contributed by atoms with van der Waals surface area (Å²) in [5.74, 6) is 0.728. The molecule has 0 spiro atoms. The predicted octanol–water partition coefficient (Wildman–Crippen LogP) is 2.08. The van der Waals surface area contributed by atoms with Gasteiger partial charge in [0, 0.05) is 6.20 Å².